The lowest BCUT2D eigenvalue weighted by molar-refractivity contribution is 0.0769. The highest BCUT2D eigenvalue weighted by Crippen LogP contribution is 2.26. The van der Waals surface area contributed by atoms with Gasteiger partial charge in [-0.05, 0) is 50.2 Å². The fourth-order valence-electron chi connectivity index (χ4n) is 3.78. The number of amides is 1. The molecule has 1 saturated heterocycles. The van der Waals surface area contributed by atoms with E-state index in [-0.39, 0.29) is 5.91 Å². The highest BCUT2D eigenvalue weighted by atomic mass is 32.2. The number of carbonyl (C=O) groups is 1. The summed E-state index contributed by atoms with van der Waals surface area (Å²) in [6, 6.07) is 13.8. The molecule has 1 amide bonds. The molecule has 9 heteroatoms. The fourth-order valence-corrected chi connectivity index (χ4v) is 4.57. The number of aryl methyl sites for hydroxylation is 1. The van der Waals surface area contributed by atoms with E-state index in [0.29, 0.717) is 23.2 Å². The number of hydrogen-bond acceptors (Lipinski definition) is 8. The molecule has 8 nitrogen and oxygen atoms in total. The molecule has 34 heavy (non-hydrogen) atoms. The predicted molar refractivity (Wildman–Crippen MR) is 135 cm³/mol. The molecule has 1 aliphatic rings. The summed E-state index contributed by atoms with van der Waals surface area (Å²) in [5.74, 6) is 3.37. The molecule has 1 aromatic carbocycles. The Labute approximate surface area is 204 Å². The fraction of sp³-hybridized carbons (Fsp3) is 0.400. The Morgan fingerprint density at radius 2 is 1.79 bits per heavy atom. The summed E-state index contributed by atoms with van der Waals surface area (Å²) in [5, 5.41) is 0.711. The van der Waals surface area contributed by atoms with Crippen LogP contribution in [0.3, 0.4) is 0 Å². The van der Waals surface area contributed by atoms with Gasteiger partial charge in [0.05, 0.1) is 12.9 Å². The van der Waals surface area contributed by atoms with Gasteiger partial charge < -0.3 is 23.9 Å². The number of carbonyl (C=O) groups excluding carboxylic acids is 1. The Balaban J connectivity index is 1.36. The van der Waals surface area contributed by atoms with Crippen LogP contribution in [0.2, 0.25) is 0 Å². The number of hydrogen-bond donors (Lipinski definition) is 0. The molecule has 3 heterocycles. The van der Waals surface area contributed by atoms with Crippen molar-refractivity contribution < 1.29 is 13.9 Å². The highest BCUT2D eigenvalue weighted by molar-refractivity contribution is 7.98. The standard InChI is InChI=1S/C25H31N5O3S/c1-5-28(3)24(31)22-11-10-21(33-22)17-34-25-26-18(2)16-23(27-25)30-14-12-29(13-15-30)19-6-8-20(32-4)9-7-19/h6-11,16H,5,12-15,17H2,1-4H3. The number of piperazine rings is 1. The van der Waals surface area contributed by atoms with Gasteiger partial charge in [0.2, 0.25) is 0 Å². The van der Waals surface area contributed by atoms with E-state index in [1.165, 1.54) is 17.4 Å². The van der Waals surface area contributed by atoms with Crippen LogP contribution in [0, 0.1) is 6.92 Å². The van der Waals surface area contributed by atoms with Crippen molar-refractivity contribution in [3.63, 3.8) is 0 Å². The van der Waals surface area contributed by atoms with Gasteiger partial charge in [-0.1, -0.05) is 11.8 Å². The lowest BCUT2D eigenvalue weighted by Gasteiger charge is -2.36. The van der Waals surface area contributed by atoms with Crippen LogP contribution >= 0.6 is 11.8 Å². The largest absolute Gasteiger partial charge is 0.497 e. The van der Waals surface area contributed by atoms with Gasteiger partial charge in [0, 0.05) is 57.2 Å². The first kappa shape index (κ1) is 23.9. The number of rotatable bonds is 8. The Bertz CT molecular complexity index is 1110. The molecule has 0 spiro atoms. The molecule has 0 aliphatic carbocycles. The van der Waals surface area contributed by atoms with Gasteiger partial charge >= 0.3 is 0 Å². The summed E-state index contributed by atoms with van der Waals surface area (Å²) >= 11 is 1.52. The zero-order chi connectivity index (χ0) is 24.1. The van der Waals surface area contributed by atoms with Crippen LogP contribution in [0.4, 0.5) is 11.5 Å². The molecule has 4 rings (SSSR count). The lowest BCUT2D eigenvalue weighted by atomic mass is 10.2. The second-order valence-corrected chi connectivity index (χ2v) is 9.14. The number of furan rings is 1. The van der Waals surface area contributed by atoms with E-state index in [0.717, 1.165) is 49.2 Å². The van der Waals surface area contributed by atoms with Crippen molar-refractivity contribution in [1.29, 1.82) is 0 Å². The molecule has 0 saturated carbocycles. The van der Waals surface area contributed by atoms with Gasteiger partial charge in [0.15, 0.2) is 10.9 Å². The Hall–Kier alpha value is -3.20. The molecule has 0 N–H and O–H groups in total. The van der Waals surface area contributed by atoms with E-state index < -0.39 is 0 Å². The third kappa shape index (κ3) is 5.64. The summed E-state index contributed by atoms with van der Waals surface area (Å²) in [5.41, 5.74) is 2.14. The molecule has 0 radical (unpaired) electrons. The average molecular weight is 482 g/mol. The van der Waals surface area contributed by atoms with E-state index in [1.807, 2.05) is 38.1 Å². The van der Waals surface area contributed by atoms with Crippen LogP contribution in [-0.4, -0.2) is 67.7 Å². The van der Waals surface area contributed by atoms with Crippen LogP contribution in [0.25, 0.3) is 0 Å². The van der Waals surface area contributed by atoms with Crippen molar-refractivity contribution in [1.82, 2.24) is 14.9 Å². The Kier molecular flexibility index (Phi) is 7.62. The minimum absolute atomic E-state index is 0.110. The Morgan fingerprint density at radius 3 is 2.47 bits per heavy atom. The first-order valence-corrected chi connectivity index (χ1v) is 12.4. The smallest absolute Gasteiger partial charge is 0.289 e. The van der Waals surface area contributed by atoms with Gasteiger partial charge in [-0.2, -0.15) is 0 Å². The third-order valence-corrected chi connectivity index (χ3v) is 6.77. The van der Waals surface area contributed by atoms with Gasteiger partial charge in [0.25, 0.3) is 5.91 Å². The van der Waals surface area contributed by atoms with Crippen LogP contribution in [0.5, 0.6) is 5.75 Å². The molecule has 3 aromatic rings. The van der Waals surface area contributed by atoms with E-state index >= 15 is 0 Å². The van der Waals surface area contributed by atoms with Crippen molar-refractivity contribution >= 4 is 29.2 Å². The van der Waals surface area contributed by atoms with Crippen molar-refractivity contribution in [2.24, 2.45) is 0 Å². The average Bonchev–Trinajstić information content (AvgIpc) is 3.35. The molecule has 0 atom stereocenters. The normalized spacial score (nSPS) is 13.8. The zero-order valence-electron chi connectivity index (χ0n) is 20.2. The molecular weight excluding hydrogens is 450 g/mol. The highest BCUT2D eigenvalue weighted by Gasteiger charge is 2.20. The predicted octanol–water partition coefficient (Wildman–Crippen LogP) is 4.10. The maximum atomic E-state index is 12.3. The molecule has 180 valence electrons. The number of benzene rings is 1. The van der Waals surface area contributed by atoms with E-state index in [1.54, 1.807) is 25.1 Å². The minimum Gasteiger partial charge on any atom is -0.497 e. The van der Waals surface area contributed by atoms with Gasteiger partial charge in [0.1, 0.15) is 17.3 Å². The number of ether oxygens (including phenoxy) is 1. The maximum absolute atomic E-state index is 12.3. The van der Waals surface area contributed by atoms with Crippen LogP contribution in [0.1, 0.15) is 28.9 Å². The second-order valence-electron chi connectivity index (χ2n) is 8.20. The number of methoxy groups -OCH3 is 1. The van der Waals surface area contributed by atoms with E-state index in [2.05, 4.69) is 26.9 Å². The third-order valence-electron chi connectivity index (χ3n) is 5.90. The Morgan fingerprint density at radius 1 is 1.09 bits per heavy atom. The maximum Gasteiger partial charge on any atom is 0.289 e. The molecular formula is C25H31N5O3S. The second kappa shape index (κ2) is 10.8. The van der Waals surface area contributed by atoms with Crippen LogP contribution < -0.4 is 14.5 Å². The molecule has 0 unspecified atom stereocenters. The van der Waals surface area contributed by atoms with Gasteiger partial charge in [-0.3, -0.25) is 4.79 Å². The van der Waals surface area contributed by atoms with Crippen molar-refractivity contribution in [2.45, 2.75) is 24.8 Å². The first-order valence-electron chi connectivity index (χ1n) is 11.4. The topological polar surface area (TPSA) is 74.9 Å². The van der Waals surface area contributed by atoms with Crippen LogP contribution in [0.15, 0.2) is 52.0 Å². The van der Waals surface area contributed by atoms with Crippen LogP contribution in [-0.2, 0) is 5.75 Å². The number of thioether (sulfide) groups is 1. The van der Waals surface area contributed by atoms with Crippen molar-refractivity contribution in [3.8, 4) is 5.75 Å². The monoisotopic (exact) mass is 481 g/mol. The quantitative estimate of drug-likeness (QED) is 0.352. The summed E-state index contributed by atoms with van der Waals surface area (Å²) in [6.45, 7) is 8.19. The zero-order valence-corrected chi connectivity index (χ0v) is 21.0. The number of anilines is 2. The van der Waals surface area contributed by atoms with Crippen molar-refractivity contribution in [2.75, 3.05) is 56.7 Å². The molecule has 0 bridgehead atoms. The lowest BCUT2D eigenvalue weighted by Crippen LogP contribution is -2.46. The summed E-state index contributed by atoms with van der Waals surface area (Å²) in [4.78, 5) is 28.0. The first-order chi connectivity index (χ1) is 16.5. The summed E-state index contributed by atoms with van der Waals surface area (Å²) < 4.78 is 11.0. The molecule has 2 aromatic heterocycles. The molecule has 1 fully saturated rings. The number of nitrogens with zero attached hydrogens (tertiary/aromatic N) is 5. The van der Waals surface area contributed by atoms with E-state index in [4.69, 9.17) is 14.1 Å². The van der Waals surface area contributed by atoms with Gasteiger partial charge in [-0.25, -0.2) is 9.97 Å². The molecule has 1 aliphatic heterocycles. The minimum atomic E-state index is -0.110. The van der Waals surface area contributed by atoms with Gasteiger partial charge in [-0.15, -0.1) is 0 Å². The summed E-state index contributed by atoms with van der Waals surface area (Å²) in [7, 11) is 3.45. The SMILES string of the molecule is CCN(C)C(=O)c1ccc(CSc2nc(C)cc(N3CCN(c4ccc(OC)cc4)CC3)n2)o1. The summed E-state index contributed by atoms with van der Waals surface area (Å²) in [6.07, 6.45) is 0. The number of aromatic nitrogens is 2. The van der Waals surface area contributed by atoms with Crippen molar-refractivity contribution in [3.05, 3.63) is 59.7 Å². The van der Waals surface area contributed by atoms with E-state index in [9.17, 15) is 4.79 Å².